The number of amides is 1. The summed E-state index contributed by atoms with van der Waals surface area (Å²) in [5, 5.41) is 7.90. The first-order valence-electron chi connectivity index (χ1n) is 7.50. The molecule has 0 aliphatic rings. The number of benzene rings is 2. The van der Waals surface area contributed by atoms with E-state index in [9.17, 15) is 17.6 Å². The highest BCUT2D eigenvalue weighted by molar-refractivity contribution is 7.99. The number of rotatable bonds is 7. The third-order valence-electron chi connectivity index (χ3n) is 3.50. The van der Waals surface area contributed by atoms with Gasteiger partial charge in [-0.15, -0.1) is 11.8 Å². The van der Waals surface area contributed by atoms with E-state index in [4.69, 9.17) is 5.14 Å². The summed E-state index contributed by atoms with van der Waals surface area (Å²) in [6, 6.07) is 12.0. The number of thioether (sulfide) groups is 1. The molecule has 0 bridgehead atoms. The van der Waals surface area contributed by atoms with Crippen LogP contribution in [-0.2, 0) is 20.6 Å². The fraction of sp³-hybridized carbons (Fsp3) is 0.235. The number of nitrogens with one attached hydrogen (secondary N) is 1. The van der Waals surface area contributed by atoms with Gasteiger partial charge in [0.2, 0.25) is 15.9 Å². The third-order valence-corrected chi connectivity index (χ3v) is 5.43. The van der Waals surface area contributed by atoms with E-state index in [0.29, 0.717) is 5.75 Å². The van der Waals surface area contributed by atoms with E-state index in [1.54, 1.807) is 24.3 Å². The van der Waals surface area contributed by atoms with Crippen LogP contribution in [0.15, 0.2) is 53.4 Å². The summed E-state index contributed by atoms with van der Waals surface area (Å²) in [5.41, 5.74) is 1.73. The number of hydrogen-bond acceptors (Lipinski definition) is 4. The van der Waals surface area contributed by atoms with Crippen LogP contribution < -0.4 is 10.5 Å². The van der Waals surface area contributed by atoms with Gasteiger partial charge in [0.25, 0.3) is 0 Å². The monoisotopic (exact) mass is 382 g/mol. The second-order valence-electron chi connectivity index (χ2n) is 5.52. The van der Waals surface area contributed by atoms with E-state index in [1.807, 2.05) is 6.92 Å². The highest BCUT2D eigenvalue weighted by Gasteiger charge is 2.12. The van der Waals surface area contributed by atoms with Crippen molar-refractivity contribution in [2.24, 2.45) is 5.14 Å². The molecule has 3 N–H and O–H groups in total. The minimum absolute atomic E-state index is 0.0321. The molecule has 0 heterocycles. The summed E-state index contributed by atoms with van der Waals surface area (Å²) in [6.45, 7) is 1.81. The molecule has 0 aliphatic carbocycles. The molecule has 5 nitrogen and oxygen atoms in total. The lowest BCUT2D eigenvalue weighted by Crippen LogP contribution is -2.28. The van der Waals surface area contributed by atoms with Gasteiger partial charge in [0.1, 0.15) is 5.82 Å². The summed E-state index contributed by atoms with van der Waals surface area (Å²) in [5.74, 6) is 0.478. The molecule has 2 aromatic rings. The number of primary sulfonamides is 1. The highest BCUT2D eigenvalue weighted by atomic mass is 32.2. The number of nitrogens with two attached hydrogens (primary N) is 1. The second-order valence-corrected chi connectivity index (χ2v) is 8.07. The molecule has 2 aromatic carbocycles. The van der Waals surface area contributed by atoms with Crippen LogP contribution in [0, 0.1) is 5.82 Å². The standard InChI is InChI=1S/C17H19FN2O3S2/c1-12(14-4-8-16(9-5-14)25(19,22)23)20-17(21)11-24-10-13-2-6-15(18)7-3-13/h2-9,12H,10-11H2,1H3,(H,20,21)(H2,19,22,23)/t12-/m1/s1. The zero-order valence-electron chi connectivity index (χ0n) is 13.6. The van der Waals surface area contributed by atoms with Crippen molar-refractivity contribution in [3.05, 3.63) is 65.5 Å². The predicted octanol–water partition coefficient (Wildman–Crippen LogP) is 2.58. The Kier molecular flexibility index (Phi) is 6.57. The van der Waals surface area contributed by atoms with Gasteiger partial charge in [-0.25, -0.2) is 17.9 Å². The Bertz CT molecular complexity index is 822. The lowest BCUT2D eigenvalue weighted by molar-refractivity contribution is -0.119. The molecule has 0 radical (unpaired) electrons. The van der Waals surface area contributed by atoms with Crippen molar-refractivity contribution in [2.75, 3.05) is 5.75 Å². The lowest BCUT2D eigenvalue weighted by atomic mass is 10.1. The zero-order chi connectivity index (χ0) is 18.4. The van der Waals surface area contributed by atoms with Crippen molar-refractivity contribution in [1.29, 1.82) is 0 Å². The van der Waals surface area contributed by atoms with E-state index < -0.39 is 10.0 Å². The fourth-order valence-corrected chi connectivity index (χ4v) is 3.47. The number of carbonyl (C=O) groups is 1. The predicted molar refractivity (Wildman–Crippen MR) is 96.9 cm³/mol. The minimum atomic E-state index is -3.72. The molecular weight excluding hydrogens is 363 g/mol. The molecule has 0 aliphatic heterocycles. The molecule has 25 heavy (non-hydrogen) atoms. The number of carbonyl (C=O) groups excluding carboxylic acids is 1. The van der Waals surface area contributed by atoms with Crippen molar-refractivity contribution in [2.45, 2.75) is 23.6 Å². The Morgan fingerprint density at radius 1 is 1.16 bits per heavy atom. The summed E-state index contributed by atoms with van der Waals surface area (Å²) < 4.78 is 35.3. The fourth-order valence-electron chi connectivity index (χ4n) is 2.15. The Morgan fingerprint density at radius 3 is 2.32 bits per heavy atom. The Labute approximate surface area is 150 Å². The second kappa shape index (κ2) is 8.46. The van der Waals surface area contributed by atoms with Crippen molar-refractivity contribution in [3.63, 3.8) is 0 Å². The van der Waals surface area contributed by atoms with Gasteiger partial charge in [-0.2, -0.15) is 0 Å². The molecule has 0 unspecified atom stereocenters. The largest absolute Gasteiger partial charge is 0.349 e. The summed E-state index contributed by atoms with van der Waals surface area (Å²) >= 11 is 1.43. The van der Waals surface area contributed by atoms with Gasteiger partial charge in [0, 0.05) is 5.75 Å². The van der Waals surface area contributed by atoms with E-state index in [2.05, 4.69) is 5.32 Å². The maximum atomic E-state index is 12.8. The molecule has 0 fully saturated rings. The Balaban J connectivity index is 1.82. The van der Waals surface area contributed by atoms with Crippen molar-refractivity contribution >= 4 is 27.7 Å². The molecule has 0 saturated heterocycles. The van der Waals surface area contributed by atoms with Crippen LogP contribution in [0.3, 0.4) is 0 Å². The highest BCUT2D eigenvalue weighted by Crippen LogP contribution is 2.17. The Hall–Kier alpha value is -1.90. The Morgan fingerprint density at radius 2 is 1.76 bits per heavy atom. The van der Waals surface area contributed by atoms with E-state index in [-0.39, 0.29) is 28.4 Å². The van der Waals surface area contributed by atoms with Gasteiger partial charge in [0.15, 0.2) is 0 Å². The minimum Gasteiger partial charge on any atom is -0.349 e. The molecular formula is C17H19FN2O3S2. The van der Waals surface area contributed by atoms with Crippen LogP contribution in [0.1, 0.15) is 24.1 Å². The van der Waals surface area contributed by atoms with Crippen molar-refractivity contribution < 1.29 is 17.6 Å². The van der Waals surface area contributed by atoms with Crippen LogP contribution in [0.25, 0.3) is 0 Å². The molecule has 0 spiro atoms. The number of halogens is 1. The maximum Gasteiger partial charge on any atom is 0.238 e. The molecule has 0 aromatic heterocycles. The zero-order valence-corrected chi connectivity index (χ0v) is 15.2. The van der Waals surface area contributed by atoms with Crippen LogP contribution >= 0.6 is 11.8 Å². The summed E-state index contributed by atoms with van der Waals surface area (Å²) in [7, 11) is -3.72. The first kappa shape index (κ1) is 19.4. The SMILES string of the molecule is C[C@@H](NC(=O)CSCc1ccc(F)cc1)c1ccc(S(N)(=O)=O)cc1. The lowest BCUT2D eigenvalue weighted by Gasteiger charge is -2.14. The molecule has 134 valence electrons. The van der Waals surface area contributed by atoms with E-state index in [1.165, 1.54) is 36.0 Å². The van der Waals surface area contributed by atoms with Crippen LogP contribution in [0.5, 0.6) is 0 Å². The van der Waals surface area contributed by atoms with Crippen LogP contribution in [-0.4, -0.2) is 20.1 Å². The van der Waals surface area contributed by atoms with Gasteiger partial charge < -0.3 is 5.32 Å². The number of sulfonamides is 1. The molecule has 1 atom stereocenters. The molecule has 0 saturated carbocycles. The summed E-state index contributed by atoms with van der Waals surface area (Å²) in [6.07, 6.45) is 0. The van der Waals surface area contributed by atoms with Crippen molar-refractivity contribution in [1.82, 2.24) is 5.32 Å². The quantitative estimate of drug-likeness (QED) is 0.770. The van der Waals surface area contributed by atoms with Crippen LogP contribution in [0.2, 0.25) is 0 Å². The smallest absolute Gasteiger partial charge is 0.238 e. The first-order valence-corrected chi connectivity index (χ1v) is 10.2. The molecule has 2 rings (SSSR count). The van der Waals surface area contributed by atoms with Crippen LogP contribution in [0.4, 0.5) is 4.39 Å². The number of hydrogen-bond donors (Lipinski definition) is 2. The molecule has 1 amide bonds. The van der Waals surface area contributed by atoms with E-state index in [0.717, 1.165) is 11.1 Å². The van der Waals surface area contributed by atoms with Gasteiger partial charge in [0.05, 0.1) is 16.7 Å². The first-order chi connectivity index (χ1) is 11.8. The van der Waals surface area contributed by atoms with Gasteiger partial charge in [-0.05, 0) is 42.3 Å². The van der Waals surface area contributed by atoms with Gasteiger partial charge in [-0.1, -0.05) is 24.3 Å². The maximum absolute atomic E-state index is 12.8. The summed E-state index contributed by atoms with van der Waals surface area (Å²) in [4.78, 5) is 12.0. The average Bonchev–Trinajstić information content (AvgIpc) is 2.56. The average molecular weight is 382 g/mol. The van der Waals surface area contributed by atoms with Crippen molar-refractivity contribution in [3.8, 4) is 0 Å². The topological polar surface area (TPSA) is 89.3 Å². The van der Waals surface area contributed by atoms with E-state index >= 15 is 0 Å². The third kappa shape index (κ3) is 6.15. The van der Waals surface area contributed by atoms with Gasteiger partial charge in [-0.3, -0.25) is 4.79 Å². The molecule has 8 heteroatoms. The normalized spacial score (nSPS) is 12.6. The van der Waals surface area contributed by atoms with Gasteiger partial charge >= 0.3 is 0 Å².